The number of anilines is 6. The molecule has 9 aromatic rings. The van der Waals surface area contributed by atoms with Gasteiger partial charge in [-0.3, -0.25) is 9.97 Å². The van der Waals surface area contributed by atoms with Crippen LogP contribution in [0.15, 0.2) is 219 Å². The Labute approximate surface area is 325 Å². The molecule has 0 radical (unpaired) electrons. The second-order valence-corrected chi connectivity index (χ2v) is 14.2. The monoisotopic (exact) mass is 724 g/mol. The minimum atomic E-state index is 1.07. The first kappa shape index (κ1) is 33.7. The summed E-state index contributed by atoms with van der Waals surface area (Å²) in [7, 11) is 0. The Morgan fingerprint density at radius 2 is 0.527 bits per heavy atom. The Balaban J connectivity index is 0.892. The van der Waals surface area contributed by atoms with Crippen LogP contribution in [0.3, 0.4) is 0 Å². The van der Waals surface area contributed by atoms with E-state index in [1.807, 2.05) is 72.5 Å². The minimum Gasteiger partial charge on any atom is -0.310 e. The zero-order chi connectivity index (χ0) is 36.8. The second-order valence-electron chi connectivity index (χ2n) is 13.2. The van der Waals surface area contributed by atoms with Gasteiger partial charge in [-0.15, -0.1) is 11.3 Å². The van der Waals surface area contributed by atoms with E-state index < -0.39 is 0 Å². The Kier molecular flexibility index (Phi) is 9.50. The van der Waals surface area contributed by atoms with E-state index in [0.717, 1.165) is 34.1 Å². The van der Waals surface area contributed by atoms with Gasteiger partial charge < -0.3 is 9.80 Å². The topological polar surface area (TPSA) is 32.3 Å². The summed E-state index contributed by atoms with van der Waals surface area (Å²) in [5, 5.41) is 0. The molecule has 0 aliphatic carbocycles. The van der Waals surface area contributed by atoms with E-state index in [0.29, 0.717) is 0 Å². The molecule has 0 saturated heterocycles. The number of aromatic nitrogens is 2. The summed E-state index contributed by atoms with van der Waals surface area (Å²) < 4.78 is 0. The highest BCUT2D eigenvalue weighted by molar-refractivity contribution is 7.18. The zero-order valence-electron chi connectivity index (χ0n) is 30.0. The number of rotatable bonds is 10. The summed E-state index contributed by atoms with van der Waals surface area (Å²) in [6, 6.07) is 68.8. The molecule has 262 valence electrons. The number of hydrogen-bond acceptors (Lipinski definition) is 5. The van der Waals surface area contributed by atoms with Crippen molar-refractivity contribution in [2.24, 2.45) is 0 Å². The number of benzene rings is 6. The van der Waals surface area contributed by atoms with Crippen molar-refractivity contribution in [3.8, 4) is 43.1 Å². The molecule has 6 aromatic carbocycles. The van der Waals surface area contributed by atoms with E-state index in [4.69, 9.17) is 0 Å². The van der Waals surface area contributed by atoms with Gasteiger partial charge in [-0.1, -0.05) is 109 Å². The van der Waals surface area contributed by atoms with Crippen molar-refractivity contribution >= 4 is 45.5 Å². The van der Waals surface area contributed by atoms with Crippen LogP contribution in [-0.4, -0.2) is 9.97 Å². The van der Waals surface area contributed by atoms with Gasteiger partial charge in [0.15, 0.2) is 0 Å². The van der Waals surface area contributed by atoms with Gasteiger partial charge in [-0.25, -0.2) is 0 Å². The lowest BCUT2D eigenvalue weighted by Crippen LogP contribution is -2.09. The molecule has 55 heavy (non-hydrogen) atoms. The van der Waals surface area contributed by atoms with Gasteiger partial charge in [-0.2, -0.15) is 0 Å². The minimum absolute atomic E-state index is 1.07. The first-order valence-electron chi connectivity index (χ1n) is 18.3. The normalized spacial score (nSPS) is 10.9. The summed E-state index contributed by atoms with van der Waals surface area (Å²) in [5.41, 5.74) is 13.7. The fraction of sp³-hybridized carbons (Fsp3) is 0. The van der Waals surface area contributed by atoms with Crippen molar-refractivity contribution in [3.05, 3.63) is 219 Å². The summed E-state index contributed by atoms with van der Waals surface area (Å²) in [6.45, 7) is 0. The molecule has 0 spiro atoms. The maximum atomic E-state index is 4.22. The van der Waals surface area contributed by atoms with Crippen LogP contribution in [0.1, 0.15) is 0 Å². The molecule has 0 bridgehead atoms. The maximum absolute atomic E-state index is 4.22. The van der Waals surface area contributed by atoms with Gasteiger partial charge in [0.05, 0.1) is 0 Å². The molecule has 0 aliphatic rings. The van der Waals surface area contributed by atoms with Crippen LogP contribution in [0.2, 0.25) is 0 Å². The molecule has 0 unspecified atom stereocenters. The van der Waals surface area contributed by atoms with Gasteiger partial charge in [-0.05, 0) is 118 Å². The Morgan fingerprint density at radius 3 is 0.873 bits per heavy atom. The van der Waals surface area contributed by atoms with Crippen LogP contribution in [0.25, 0.3) is 43.1 Å². The summed E-state index contributed by atoms with van der Waals surface area (Å²) in [4.78, 5) is 15.4. The third-order valence-electron chi connectivity index (χ3n) is 9.73. The van der Waals surface area contributed by atoms with Crippen molar-refractivity contribution in [2.45, 2.75) is 0 Å². The number of nitrogens with zero attached hydrogens (tertiary/aromatic N) is 4. The van der Waals surface area contributed by atoms with E-state index in [1.54, 1.807) is 0 Å². The largest absolute Gasteiger partial charge is 0.310 e. The Bertz CT molecular complexity index is 2330. The van der Waals surface area contributed by atoms with Crippen LogP contribution in [0, 0.1) is 0 Å². The average Bonchev–Trinajstić information content (AvgIpc) is 3.77. The first-order valence-corrected chi connectivity index (χ1v) is 19.1. The molecule has 3 aromatic heterocycles. The van der Waals surface area contributed by atoms with Crippen molar-refractivity contribution in [2.75, 3.05) is 9.80 Å². The lowest BCUT2D eigenvalue weighted by Gasteiger charge is -2.25. The SMILES string of the molecule is c1ccc(N(c2ccncc2)c2ccc(-c3ccc(-c4ccc(-c5ccc(-c6ccc(N(c7ccccc7)c7ccncc7)cc6)cc5)s4)cc3)cc2)cc1. The summed E-state index contributed by atoms with van der Waals surface area (Å²) in [6.07, 6.45) is 7.33. The molecule has 0 atom stereocenters. The molecule has 3 heterocycles. The molecule has 0 saturated carbocycles. The fourth-order valence-corrected chi connectivity index (χ4v) is 7.96. The van der Waals surface area contributed by atoms with Gasteiger partial charge >= 0.3 is 0 Å². The van der Waals surface area contributed by atoms with Gasteiger partial charge in [0.2, 0.25) is 0 Å². The number of para-hydroxylation sites is 2. The van der Waals surface area contributed by atoms with E-state index >= 15 is 0 Å². The second kappa shape index (κ2) is 15.5. The Morgan fingerprint density at radius 1 is 0.255 bits per heavy atom. The van der Waals surface area contributed by atoms with Gasteiger partial charge in [0.1, 0.15) is 0 Å². The Hall–Kier alpha value is -7.08. The number of pyridine rings is 2. The van der Waals surface area contributed by atoms with E-state index in [9.17, 15) is 0 Å². The highest BCUT2D eigenvalue weighted by atomic mass is 32.1. The lowest BCUT2D eigenvalue weighted by atomic mass is 10.0. The highest BCUT2D eigenvalue weighted by Gasteiger charge is 2.14. The molecule has 0 N–H and O–H groups in total. The summed E-state index contributed by atoms with van der Waals surface area (Å²) in [5.74, 6) is 0. The van der Waals surface area contributed by atoms with Crippen molar-refractivity contribution in [3.63, 3.8) is 0 Å². The molecule has 9 rings (SSSR count). The van der Waals surface area contributed by atoms with Gasteiger partial charge in [0, 0.05) is 68.7 Å². The first-order chi connectivity index (χ1) is 27.3. The third kappa shape index (κ3) is 7.30. The maximum Gasteiger partial charge on any atom is 0.0492 e. The zero-order valence-corrected chi connectivity index (χ0v) is 30.8. The molecule has 0 fully saturated rings. The standard InChI is InChI=1S/C50H36N4S/c1-3-7-43(8-4-1)53(47-29-33-51-34-30-47)45-23-19-39(20-24-45)37-11-15-41(16-12-37)49-27-28-50(55-49)42-17-13-38(14-18-42)40-21-25-46(26-22-40)54(44-9-5-2-6-10-44)48-31-35-52-36-32-48/h1-36H. The third-order valence-corrected chi connectivity index (χ3v) is 10.9. The smallest absolute Gasteiger partial charge is 0.0492 e. The quantitative estimate of drug-likeness (QED) is 0.141. The van der Waals surface area contributed by atoms with Crippen molar-refractivity contribution in [1.82, 2.24) is 9.97 Å². The predicted molar refractivity (Wildman–Crippen MR) is 231 cm³/mol. The van der Waals surface area contributed by atoms with E-state index in [1.165, 1.54) is 43.1 Å². The lowest BCUT2D eigenvalue weighted by molar-refractivity contribution is 1.24. The average molecular weight is 725 g/mol. The van der Waals surface area contributed by atoms with Crippen LogP contribution < -0.4 is 9.80 Å². The van der Waals surface area contributed by atoms with Crippen molar-refractivity contribution < 1.29 is 0 Å². The van der Waals surface area contributed by atoms with Crippen LogP contribution in [0.4, 0.5) is 34.1 Å². The van der Waals surface area contributed by atoms with Crippen LogP contribution in [-0.2, 0) is 0 Å². The van der Waals surface area contributed by atoms with Crippen LogP contribution in [0.5, 0.6) is 0 Å². The molecule has 5 heteroatoms. The molecule has 0 aliphatic heterocycles. The number of thiophene rings is 1. The highest BCUT2D eigenvalue weighted by Crippen LogP contribution is 2.39. The molecular weight excluding hydrogens is 689 g/mol. The van der Waals surface area contributed by atoms with E-state index in [-0.39, 0.29) is 0 Å². The predicted octanol–water partition coefficient (Wildman–Crippen LogP) is 14.1. The van der Waals surface area contributed by atoms with Crippen molar-refractivity contribution in [1.29, 1.82) is 0 Å². The van der Waals surface area contributed by atoms with E-state index in [2.05, 4.69) is 177 Å². The molecule has 4 nitrogen and oxygen atoms in total. The number of hydrogen-bond donors (Lipinski definition) is 0. The van der Waals surface area contributed by atoms with Crippen LogP contribution >= 0.6 is 11.3 Å². The fourth-order valence-electron chi connectivity index (χ4n) is 6.94. The molecule has 0 amide bonds. The molecular formula is C50H36N4S. The van der Waals surface area contributed by atoms with Gasteiger partial charge in [0.25, 0.3) is 0 Å². The summed E-state index contributed by atoms with van der Waals surface area (Å²) >= 11 is 1.82.